The molecule has 92 valence electrons. The molecule has 0 aliphatic heterocycles. The third-order valence-corrected chi connectivity index (χ3v) is 4.93. The zero-order valence-corrected chi connectivity index (χ0v) is 11.3. The van der Waals surface area contributed by atoms with Gasteiger partial charge in [0.25, 0.3) is 0 Å². The molecule has 1 aromatic carbocycles. The lowest BCUT2D eigenvalue weighted by Gasteiger charge is -2.22. The second-order valence-corrected chi connectivity index (χ2v) is 6.28. The summed E-state index contributed by atoms with van der Waals surface area (Å²) in [4.78, 5) is 0. The van der Waals surface area contributed by atoms with Crippen molar-refractivity contribution in [1.29, 1.82) is 0 Å². The maximum absolute atomic E-state index is 6.14. The van der Waals surface area contributed by atoms with Gasteiger partial charge in [0.15, 0.2) is 0 Å². The van der Waals surface area contributed by atoms with Crippen molar-refractivity contribution in [3.8, 4) is 0 Å². The van der Waals surface area contributed by atoms with E-state index in [9.17, 15) is 0 Å². The number of hydrogen-bond donors (Lipinski definition) is 1. The number of fused-ring (bicyclic) bond motifs is 2. The maximum atomic E-state index is 6.14. The summed E-state index contributed by atoms with van der Waals surface area (Å²) in [5, 5.41) is 4.97. The zero-order valence-electron chi connectivity index (χ0n) is 9.76. The summed E-state index contributed by atoms with van der Waals surface area (Å²) in [6.07, 6.45) is 5.74. The molecule has 2 fully saturated rings. The Kier molecular flexibility index (Phi) is 3.23. The summed E-state index contributed by atoms with van der Waals surface area (Å²) in [5.74, 6) is 2.79. The van der Waals surface area contributed by atoms with Gasteiger partial charge in [0.1, 0.15) is 0 Å². The van der Waals surface area contributed by atoms with Crippen molar-refractivity contribution in [1.82, 2.24) is 0 Å². The van der Waals surface area contributed by atoms with Crippen molar-refractivity contribution in [2.75, 3.05) is 11.9 Å². The molecule has 1 nitrogen and oxygen atoms in total. The minimum Gasteiger partial charge on any atom is -0.384 e. The highest BCUT2D eigenvalue weighted by Crippen LogP contribution is 2.48. The van der Waals surface area contributed by atoms with Crippen molar-refractivity contribution < 1.29 is 0 Å². The summed E-state index contributed by atoms with van der Waals surface area (Å²) in [6, 6.07) is 5.59. The SMILES string of the molecule is Clc1ccc(Cl)c(NCC2CC3CCC2C3)c1. The quantitative estimate of drug-likeness (QED) is 0.828. The smallest absolute Gasteiger partial charge is 0.0638 e. The van der Waals surface area contributed by atoms with E-state index in [4.69, 9.17) is 23.2 Å². The summed E-state index contributed by atoms with van der Waals surface area (Å²) in [7, 11) is 0. The van der Waals surface area contributed by atoms with Crippen LogP contribution in [0.2, 0.25) is 10.0 Å². The lowest BCUT2D eigenvalue weighted by Crippen LogP contribution is -2.20. The molecule has 2 saturated carbocycles. The average Bonchev–Trinajstić information content (AvgIpc) is 2.92. The molecular formula is C14H17Cl2N. The van der Waals surface area contributed by atoms with Gasteiger partial charge in [-0.25, -0.2) is 0 Å². The maximum Gasteiger partial charge on any atom is 0.0638 e. The molecule has 1 aromatic rings. The highest BCUT2D eigenvalue weighted by molar-refractivity contribution is 6.35. The second-order valence-electron chi connectivity index (χ2n) is 5.44. The molecule has 2 bridgehead atoms. The number of benzene rings is 1. The van der Waals surface area contributed by atoms with Crippen LogP contribution >= 0.6 is 23.2 Å². The Morgan fingerprint density at radius 1 is 1.18 bits per heavy atom. The number of hydrogen-bond acceptors (Lipinski definition) is 1. The number of nitrogens with one attached hydrogen (secondary N) is 1. The van der Waals surface area contributed by atoms with E-state index < -0.39 is 0 Å². The number of anilines is 1. The monoisotopic (exact) mass is 269 g/mol. The van der Waals surface area contributed by atoms with E-state index in [1.54, 1.807) is 0 Å². The summed E-state index contributed by atoms with van der Waals surface area (Å²) >= 11 is 12.1. The Balaban J connectivity index is 1.62. The Bertz CT molecular complexity index is 419. The van der Waals surface area contributed by atoms with E-state index in [1.807, 2.05) is 18.2 Å². The van der Waals surface area contributed by atoms with Gasteiger partial charge in [-0.1, -0.05) is 29.6 Å². The van der Waals surface area contributed by atoms with Crippen LogP contribution in [0.15, 0.2) is 18.2 Å². The molecule has 0 aromatic heterocycles. The molecule has 1 N–H and O–H groups in total. The lowest BCUT2D eigenvalue weighted by molar-refractivity contribution is 0.348. The molecule has 3 atom stereocenters. The largest absolute Gasteiger partial charge is 0.384 e. The van der Waals surface area contributed by atoms with Crippen LogP contribution < -0.4 is 5.32 Å². The number of halogens is 2. The Morgan fingerprint density at radius 2 is 2.06 bits per heavy atom. The van der Waals surface area contributed by atoms with Gasteiger partial charge in [-0.2, -0.15) is 0 Å². The second kappa shape index (κ2) is 4.70. The fourth-order valence-electron chi connectivity index (χ4n) is 3.50. The van der Waals surface area contributed by atoms with Crippen LogP contribution in [0.1, 0.15) is 25.7 Å². The normalized spacial score (nSPS) is 30.8. The molecule has 0 saturated heterocycles. The van der Waals surface area contributed by atoms with Gasteiger partial charge in [-0.3, -0.25) is 0 Å². The summed E-state index contributed by atoms with van der Waals surface area (Å²) in [6.45, 7) is 1.04. The Labute approximate surface area is 112 Å². The molecule has 3 heteroatoms. The molecule has 0 radical (unpaired) electrons. The standard InChI is InChI=1S/C14H17Cl2N/c15-12-3-4-13(16)14(7-12)17-8-11-6-9-1-2-10(11)5-9/h3-4,7,9-11,17H,1-2,5-6,8H2. The van der Waals surface area contributed by atoms with E-state index in [1.165, 1.54) is 25.7 Å². The van der Waals surface area contributed by atoms with Crippen molar-refractivity contribution >= 4 is 28.9 Å². The van der Waals surface area contributed by atoms with E-state index in [2.05, 4.69) is 5.32 Å². The van der Waals surface area contributed by atoms with Crippen molar-refractivity contribution in [3.05, 3.63) is 28.2 Å². The topological polar surface area (TPSA) is 12.0 Å². The van der Waals surface area contributed by atoms with E-state index >= 15 is 0 Å². The molecule has 0 amide bonds. The molecule has 0 spiro atoms. The molecular weight excluding hydrogens is 253 g/mol. The first kappa shape index (κ1) is 11.7. The third kappa shape index (κ3) is 2.41. The van der Waals surface area contributed by atoms with Gasteiger partial charge in [0, 0.05) is 11.6 Å². The van der Waals surface area contributed by atoms with Crippen LogP contribution in [0.5, 0.6) is 0 Å². The summed E-state index contributed by atoms with van der Waals surface area (Å²) < 4.78 is 0. The van der Waals surface area contributed by atoms with Gasteiger partial charge >= 0.3 is 0 Å². The molecule has 3 rings (SSSR count). The Hall–Kier alpha value is -0.400. The van der Waals surface area contributed by atoms with Crippen LogP contribution in [0.25, 0.3) is 0 Å². The van der Waals surface area contributed by atoms with E-state index in [0.29, 0.717) is 0 Å². The van der Waals surface area contributed by atoms with Crippen molar-refractivity contribution in [3.63, 3.8) is 0 Å². The molecule has 0 heterocycles. The van der Waals surface area contributed by atoms with Crippen LogP contribution in [0.3, 0.4) is 0 Å². The number of rotatable bonds is 3. The van der Waals surface area contributed by atoms with E-state index in [0.717, 1.165) is 40.0 Å². The zero-order chi connectivity index (χ0) is 11.8. The van der Waals surface area contributed by atoms with Gasteiger partial charge in [0.05, 0.1) is 10.7 Å². The van der Waals surface area contributed by atoms with E-state index in [-0.39, 0.29) is 0 Å². The molecule has 3 unspecified atom stereocenters. The lowest BCUT2D eigenvalue weighted by atomic mass is 9.89. The predicted octanol–water partition coefficient (Wildman–Crippen LogP) is 4.84. The fraction of sp³-hybridized carbons (Fsp3) is 0.571. The van der Waals surface area contributed by atoms with Crippen LogP contribution in [-0.4, -0.2) is 6.54 Å². The van der Waals surface area contributed by atoms with Crippen molar-refractivity contribution in [2.24, 2.45) is 17.8 Å². The van der Waals surface area contributed by atoms with Gasteiger partial charge in [-0.15, -0.1) is 0 Å². The third-order valence-electron chi connectivity index (χ3n) is 4.37. The van der Waals surface area contributed by atoms with Gasteiger partial charge < -0.3 is 5.32 Å². The summed E-state index contributed by atoms with van der Waals surface area (Å²) in [5.41, 5.74) is 0.974. The first-order chi connectivity index (χ1) is 8.22. The fourth-order valence-corrected chi connectivity index (χ4v) is 3.86. The van der Waals surface area contributed by atoms with Crippen LogP contribution in [0.4, 0.5) is 5.69 Å². The Morgan fingerprint density at radius 3 is 2.76 bits per heavy atom. The van der Waals surface area contributed by atoms with Crippen LogP contribution in [0, 0.1) is 17.8 Å². The minimum absolute atomic E-state index is 0.741. The first-order valence-electron chi connectivity index (χ1n) is 6.41. The molecule has 2 aliphatic carbocycles. The molecule has 2 aliphatic rings. The molecule has 17 heavy (non-hydrogen) atoms. The van der Waals surface area contributed by atoms with Gasteiger partial charge in [0.2, 0.25) is 0 Å². The van der Waals surface area contributed by atoms with Crippen molar-refractivity contribution in [2.45, 2.75) is 25.7 Å². The highest BCUT2D eigenvalue weighted by atomic mass is 35.5. The van der Waals surface area contributed by atoms with Crippen LogP contribution in [-0.2, 0) is 0 Å². The minimum atomic E-state index is 0.741. The van der Waals surface area contributed by atoms with Gasteiger partial charge in [-0.05, 0) is 55.2 Å². The average molecular weight is 270 g/mol. The predicted molar refractivity (Wildman–Crippen MR) is 73.9 cm³/mol. The first-order valence-corrected chi connectivity index (χ1v) is 7.17. The highest BCUT2D eigenvalue weighted by Gasteiger charge is 2.39.